The van der Waals surface area contributed by atoms with Crippen molar-refractivity contribution in [2.45, 2.75) is 0 Å². The molecule has 0 bridgehead atoms. The fourth-order valence-corrected chi connectivity index (χ4v) is 0.791. The molecule has 0 saturated carbocycles. The average Bonchev–Trinajstić information content (AvgIpc) is 1.89. The molecule has 0 atom stereocenters. The molecule has 0 fully saturated rings. The fraction of sp³-hybridized carbons (Fsp3) is 0. The summed E-state index contributed by atoms with van der Waals surface area (Å²) in [6.07, 6.45) is 1.72. The minimum absolute atomic E-state index is 0.701. The van der Waals surface area contributed by atoms with E-state index in [1.165, 1.54) is 0 Å². The second-order valence-electron chi connectivity index (χ2n) is 1.65. The van der Waals surface area contributed by atoms with Crippen molar-refractivity contribution in [2.24, 2.45) is 0 Å². The Labute approximate surface area is 59.8 Å². The molecule has 1 rings (SSSR count). The van der Waals surface area contributed by atoms with E-state index in [9.17, 15) is 0 Å². The normalized spacial score (nSPS) is 9.00. The van der Waals surface area contributed by atoms with E-state index >= 15 is 0 Å². The lowest BCUT2D eigenvalue weighted by Gasteiger charge is -1.92. The summed E-state index contributed by atoms with van der Waals surface area (Å²) in [5.41, 5.74) is 0.954. The van der Waals surface area contributed by atoms with Gasteiger partial charge in [-0.15, -0.1) is 0 Å². The first-order chi connectivity index (χ1) is 4.34. The fourth-order valence-electron chi connectivity index (χ4n) is 0.588. The van der Waals surface area contributed by atoms with Crippen LogP contribution in [0, 0.1) is 6.07 Å². The van der Waals surface area contributed by atoms with Crippen molar-refractivity contribution in [1.82, 2.24) is 0 Å². The van der Waals surface area contributed by atoms with Gasteiger partial charge in [0.25, 0.3) is 0 Å². The molecule has 0 saturated heterocycles. The minimum atomic E-state index is 0.701. The third-order valence-electron chi connectivity index (χ3n) is 1.06. The van der Waals surface area contributed by atoms with Crippen molar-refractivity contribution in [1.29, 1.82) is 0 Å². The van der Waals surface area contributed by atoms with Gasteiger partial charge in [0.15, 0.2) is 0 Å². The van der Waals surface area contributed by atoms with Crippen LogP contribution in [0.15, 0.2) is 24.8 Å². The monoisotopic (exact) mass is 137 g/mol. The number of halogens is 1. The van der Waals surface area contributed by atoms with E-state index in [-0.39, 0.29) is 0 Å². The molecule has 0 aliphatic carbocycles. The first-order valence-electron chi connectivity index (χ1n) is 2.62. The highest BCUT2D eigenvalue weighted by Crippen LogP contribution is 2.14. The Kier molecular flexibility index (Phi) is 1.91. The predicted octanol–water partition coefficient (Wildman–Crippen LogP) is 2.78. The van der Waals surface area contributed by atoms with Crippen LogP contribution in [-0.2, 0) is 0 Å². The highest BCUT2D eigenvalue weighted by molar-refractivity contribution is 6.32. The van der Waals surface area contributed by atoms with Gasteiger partial charge in [0.2, 0.25) is 0 Å². The van der Waals surface area contributed by atoms with Crippen LogP contribution in [-0.4, -0.2) is 0 Å². The molecular weight excluding hydrogens is 132 g/mol. The molecule has 0 nitrogen and oxygen atoms in total. The Morgan fingerprint density at radius 2 is 2.44 bits per heavy atom. The van der Waals surface area contributed by atoms with Gasteiger partial charge in [-0.25, -0.2) is 0 Å². The van der Waals surface area contributed by atoms with E-state index in [1.54, 1.807) is 12.1 Å². The molecule has 1 radical (unpaired) electrons. The van der Waals surface area contributed by atoms with Crippen LogP contribution < -0.4 is 0 Å². The van der Waals surface area contributed by atoms with Gasteiger partial charge >= 0.3 is 0 Å². The lowest BCUT2D eigenvalue weighted by molar-refractivity contribution is 1.65. The second kappa shape index (κ2) is 2.70. The molecule has 0 amide bonds. The molecule has 1 aromatic carbocycles. The summed E-state index contributed by atoms with van der Waals surface area (Å²) in [5.74, 6) is 0. The molecule has 0 aliphatic heterocycles. The number of hydrogen-bond acceptors (Lipinski definition) is 0. The van der Waals surface area contributed by atoms with E-state index in [0.717, 1.165) is 5.56 Å². The molecule has 0 spiro atoms. The predicted molar refractivity (Wildman–Crippen MR) is 40.4 cm³/mol. The Bertz CT molecular complexity index is 216. The highest BCUT2D eigenvalue weighted by Gasteiger charge is 1.89. The number of benzene rings is 1. The summed E-state index contributed by atoms with van der Waals surface area (Å²) in [5, 5.41) is 0.701. The Balaban J connectivity index is 3.15. The topological polar surface area (TPSA) is 0 Å². The number of hydrogen-bond donors (Lipinski definition) is 0. The third kappa shape index (κ3) is 1.33. The van der Waals surface area contributed by atoms with Crippen LogP contribution in [0.1, 0.15) is 5.56 Å². The first kappa shape index (κ1) is 6.37. The summed E-state index contributed by atoms with van der Waals surface area (Å²) in [6.45, 7) is 3.59. The zero-order valence-corrected chi connectivity index (χ0v) is 5.65. The second-order valence-corrected chi connectivity index (χ2v) is 2.06. The van der Waals surface area contributed by atoms with E-state index in [1.807, 2.05) is 12.1 Å². The molecule has 0 unspecified atom stereocenters. The van der Waals surface area contributed by atoms with Gasteiger partial charge in [-0.2, -0.15) is 0 Å². The average molecular weight is 138 g/mol. The summed E-state index contributed by atoms with van der Waals surface area (Å²) in [4.78, 5) is 0. The Hall–Kier alpha value is -0.750. The molecule has 0 N–H and O–H groups in total. The maximum atomic E-state index is 5.72. The van der Waals surface area contributed by atoms with Gasteiger partial charge in [-0.3, -0.25) is 0 Å². The zero-order valence-electron chi connectivity index (χ0n) is 4.89. The molecule has 9 heavy (non-hydrogen) atoms. The van der Waals surface area contributed by atoms with Gasteiger partial charge in [0.05, 0.1) is 0 Å². The molecule has 45 valence electrons. The van der Waals surface area contributed by atoms with Gasteiger partial charge in [0, 0.05) is 5.02 Å². The Morgan fingerprint density at radius 1 is 1.67 bits per heavy atom. The quantitative estimate of drug-likeness (QED) is 0.559. The van der Waals surface area contributed by atoms with Crippen LogP contribution in [0.2, 0.25) is 5.02 Å². The van der Waals surface area contributed by atoms with E-state index < -0.39 is 0 Å². The smallest absolute Gasteiger partial charge is 0.0484 e. The van der Waals surface area contributed by atoms with Crippen LogP contribution in [0.25, 0.3) is 6.08 Å². The third-order valence-corrected chi connectivity index (χ3v) is 1.39. The first-order valence-corrected chi connectivity index (χ1v) is 3.00. The van der Waals surface area contributed by atoms with Crippen LogP contribution in [0.5, 0.6) is 0 Å². The largest absolute Gasteiger partial charge is 0.0984 e. The minimum Gasteiger partial charge on any atom is -0.0984 e. The SMILES string of the molecule is C=Cc1cc[c]cc1Cl. The van der Waals surface area contributed by atoms with E-state index in [2.05, 4.69) is 12.6 Å². The highest BCUT2D eigenvalue weighted by atomic mass is 35.5. The summed E-state index contributed by atoms with van der Waals surface area (Å²) >= 11 is 5.72. The van der Waals surface area contributed by atoms with Gasteiger partial charge < -0.3 is 0 Å². The maximum Gasteiger partial charge on any atom is 0.0484 e. The van der Waals surface area contributed by atoms with Gasteiger partial charge in [0.1, 0.15) is 0 Å². The maximum absolute atomic E-state index is 5.72. The van der Waals surface area contributed by atoms with Crippen LogP contribution >= 0.6 is 11.6 Å². The summed E-state index contributed by atoms with van der Waals surface area (Å²) in [6, 6.07) is 8.26. The van der Waals surface area contributed by atoms with Crippen molar-refractivity contribution in [3.8, 4) is 0 Å². The molecule has 1 aromatic rings. The van der Waals surface area contributed by atoms with Crippen molar-refractivity contribution in [3.63, 3.8) is 0 Å². The van der Waals surface area contributed by atoms with E-state index in [4.69, 9.17) is 11.6 Å². The lowest BCUT2D eigenvalue weighted by Crippen LogP contribution is -1.70. The van der Waals surface area contributed by atoms with E-state index in [0.29, 0.717) is 5.02 Å². The van der Waals surface area contributed by atoms with Crippen molar-refractivity contribution in [2.75, 3.05) is 0 Å². The van der Waals surface area contributed by atoms with Gasteiger partial charge in [-0.05, 0) is 17.7 Å². The van der Waals surface area contributed by atoms with Crippen molar-refractivity contribution in [3.05, 3.63) is 41.4 Å². The van der Waals surface area contributed by atoms with Crippen molar-refractivity contribution < 1.29 is 0 Å². The molecule has 0 heterocycles. The van der Waals surface area contributed by atoms with Crippen LogP contribution in [0.3, 0.4) is 0 Å². The van der Waals surface area contributed by atoms with Crippen molar-refractivity contribution >= 4 is 17.7 Å². The Morgan fingerprint density at radius 3 is 2.89 bits per heavy atom. The van der Waals surface area contributed by atoms with Gasteiger partial charge in [-0.1, -0.05) is 36.4 Å². The molecule has 0 aliphatic rings. The standard InChI is InChI=1S/C8H6Cl/c1-2-7-5-3-4-6-8(7)9/h2-3,5-6H,1H2. The lowest BCUT2D eigenvalue weighted by atomic mass is 10.2. The molecule has 0 aromatic heterocycles. The zero-order chi connectivity index (χ0) is 6.69. The summed E-state index contributed by atoms with van der Waals surface area (Å²) < 4.78 is 0. The summed E-state index contributed by atoms with van der Waals surface area (Å²) in [7, 11) is 0. The van der Waals surface area contributed by atoms with Crippen LogP contribution in [0.4, 0.5) is 0 Å². The molecular formula is C8H6Cl. The number of rotatable bonds is 1. The molecule has 1 heteroatoms.